The molecule has 0 aliphatic carbocycles. The molecule has 0 bridgehead atoms. The summed E-state index contributed by atoms with van der Waals surface area (Å²) in [5, 5.41) is 0. The number of thiazole rings is 1. The number of aromatic nitrogens is 3. The molecule has 2 N–H and O–H groups in total. The van der Waals surface area contributed by atoms with Gasteiger partial charge in [0.15, 0.2) is 0 Å². The highest BCUT2D eigenvalue weighted by atomic mass is 32.1. The van der Waals surface area contributed by atoms with E-state index in [4.69, 9.17) is 10.5 Å². The van der Waals surface area contributed by atoms with Crippen molar-refractivity contribution in [3.63, 3.8) is 0 Å². The SMILES string of the molecule is COc1ccc(-c2cnc(N)nc2[C@H]2CCCN(C(=O)c3scnc3C)C2)cc1. The molecule has 3 heterocycles. The number of nitrogens with zero attached hydrogens (tertiary/aromatic N) is 4. The van der Waals surface area contributed by atoms with E-state index in [0.717, 1.165) is 47.7 Å². The van der Waals surface area contributed by atoms with Gasteiger partial charge in [-0.15, -0.1) is 11.3 Å². The van der Waals surface area contributed by atoms with E-state index < -0.39 is 0 Å². The van der Waals surface area contributed by atoms with E-state index in [1.165, 1.54) is 11.3 Å². The number of amides is 1. The summed E-state index contributed by atoms with van der Waals surface area (Å²) in [5.41, 5.74) is 11.3. The molecular formula is C21H23N5O2S. The zero-order valence-corrected chi connectivity index (χ0v) is 17.3. The van der Waals surface area contributed by atoms with Gasteiger partial charge in [-0.2, -0.15) is 0 Å². The molecule has 0 saturated carbocycles. The third kappa shape index (κ3) is 3.93. The first-order valence-corrected chi connectivity index (χ1v) is 10.4. The highest BCUT2D eigenvalue weighted by molar-refractivity contribution is 7.11. The van der Waals surface area contributed by atoms with Crippen molar-refractivity contribution in [1.82, 2.24) is 19.9 Å². The van der Waals surface area contributed by atoms with Crippen molar-refractivity contribution in [2.24, 2.45) is 0 Å². The fourth-order valence-electron chi connectivity index (χ4n) is 3.75. The number of ether oxygens (including phenoxy) is 1. The summed E-state index contributed by atoms with van der Waals surface area (Å²) >= 11 is 1.39. The number of rotatable bonds is 4. The van der Waals surface area contributed by atoms with Gasteiger partial charge < -0.3 is 15.4 Å². The summed E-state index contributed by atoms with van der Waals surface area (Å²) in [6, 6.07) is 7.81. The first-order chi connectivity index (χ1) is 14.1. The van der Waals surface area contributed by atoms with Crippen molar-refractivity contribution in [2.45, 2.75) is 25.7 Å². The molecule has 150 valence electrons. The molecule has 29 heavy (non-hydrogen) atoms. The molecular weight excluding hydrogens is 386 g/mol. The Hall–Kier alpha value is -3.00. The second kappa shape index (κ2) is 8.16. The van der Waals surface area contributed by atoms with Crippen LogP contribution in [0, 0.1) is 6.92 Å². The van der Waals surface area contributed by atoms with Gasteiger partial charge in [0.25, 0.3) is 5.91 Å². The summed E-state index contributed by atoms with van der Waals surface area (Å²) in [5.74, 6) is 1.19. The van der Waals surface area contributed by atoms with Crippen LogP contribution in [0.1, 0.15) is 39.8 Å². The first kappa shape index (κ1) is 19.3. The predicted octanol–water partition coefficient (Wildman–Crippen LogP) is 3.52. The highest BCUT2D eigenvalue weighted by Gasteiger charge is 2.29. The Morgan fingerprint density at radius 1 is 1.28 bits per heavy atom. The molecule has 1 aliphatic heterocycles. The van der Waals surface area contributed by atoms with E-state index in [9.17, 15) is 4.79 Å². The van der Waals surface area contributed by atoms with Crippen LogP contribution < -0.4 is 10.5 Å². The lowest BCUT2D eigenvalue weighted by molar-refractivity contribution is 0.0710. The number of anilines is 1. The van der Waals surface area contributed by atoms with Gasteiger partial charge in [0.2, 0.25) is 5.95 Å². The number of hydrogen-bond donors (Lipinski definition) is 1. The molecule has 7 nitrogen and oxygen atoms in total. The maximum Gasteiger partial charge on any atom is 0.265 e. The largest absolute Gasteiger partial charge is 0.497 e. The van der Waals surface area contributed by atoms with Crippen LogP contribution in [0.5, 0.6) is 5.75 Å². The number of nitrogen functional groups attached to an aromatic ring is 1. The fourth-order valence-corrected chi connectivity index (χ4v) is 4.52. The monoisotopic (exact) mass is 409 g/mol. The van der Waals surface area contributed by atoms with Gasteiger partial charge in [-0.1, -0.05) is 12.1 Å². The van der Waals surface area contributed by atoms with E-state index in [-0.39, 0.29) is 17.8 Å². The molecule has 1 saturated heterocycles. The van der Waals surface area contributed by atoms with Crippen molar-refractivity contribution in [3.8, 4) is 16.9 Å². The fraction of sp³-hybridized carbons (Fsp3) is 0.333. The number of carbonyl (C=O) groups excluding carboxylic acids is 1. The van der Waals surface area contributed by atoms with Gasteiger partial charge in [0.1, 0.15) is 10.6 Å². The quantitative estimate of drug-likeness (QED) is 0.708. The number of piperidine rings is 1. The van der Waals surface area contributed by atoms with E-state index in [1.807, 2.05) is 36.1 Å². The molecule has 0 unspecified atom stereocenters. The van der Waals surface area contributed by atoms with Crippen LogP contribution in [0.2, 0.25) is 0 Å². The van der Waals surface area contributed by atoms with Crippen molar-refractivity contribution < 1.29 is 9.53 Å². The topological polar surface area (TPSA) is 94.2 Å². The van der Waals surface area contributed by atoms with Gasteiger partial charge in [-0.05, 0) is 37.5 Å². The molecule has 2 aromatic heterocycles. The number of methoxy groups -OCH3 is 1. The third-order valence-electron chi connectivity index (χ3n) is 5.27. The minimum absolute atomic E-state index is 0.0442. The number of likely N-dealkylation sites (tertiary alicyclic amines) is 1. The smallest absolute Gasteiger partial charge is 0.265 e. The standard InChI is InChI=1S/C21H23N5O2S/c1-13-19(29-12-24-13)20(27)26-9-3-4-15(11-26)18-17(10-23-21(22)25-18)14-5-7-16(28-2)8-6-14/h5-8,10,12,15H,3-4,9,11H2,1-2H3,(H2,22,23,25)/t15-/m0/s1. The predicted molar refractivity (Wildman–Crippen MR) is 113 cm³/mol. The molecule has 1 fully saturated rings. The lowest BCUT2D eigenvalue weighted by Gasteiger charge is -2.33. The Labute approximate surface area is 173 Å². The van der Waals surface area contributed by atoms with Crippen LogP contribution in [-0.2, 0) is 0 Å². The van der Waals surface area contributed by atoms with E-state index in [0.29, 0.717) is 11.4 Å². The maximum absolute atomic E-state index is 13.0. The molecule has 1 atom stereocenters. The van der Waals surface area contributed by atoms with Gasteiger partial charge in [0, 0.05) is 30.8 Å². The van der Waals surface area contributed by atoms with Gasteiger partial charge in [-0.3, -0.25) is 4.79 Å². The van der Waals surface area contributed by atoms with Crippen molar-refractivity contribution in [2.75, 3.05) is 25.9 Å². The Kier molecular flexibility index (Phi) is 5.44. The third-order valence-corrected chi connectivity index (χ3v) is 6.19. The normalized spacial score (nSPS) is 16.6. The van der Waals surface area contributed by atoms with Crippen molar-refractivity contribution >= 4 is 23.2 Å². The summed E-state index contributed by atoms with van der Waals surface area (Å²) in [6.07, 6.45) is 3.64. The summed E-state index contributed by atoms with van der Waals surface area (Å²) in [4.78, 5) is 28.6. The molecule has 1 amide bonds. The molecule has 1 aliphatic rings. The van der Waals surface area contributed by atoms with E-state index in [2.05, 4.69) is 15.0 Å². The average molecular weight is 410 g/mol. The highest BCUT2D eigenvalue weighted by Crippen LogP contribution is 2.34. The van der Waals surface area contributed by atoms with Crippen molar-refractivity contribution in [1.29, 1.82) is 0 Å². The summed E-state index contributed by atoms with van der Waals surface area (Å²) in [7, 11) is 1.64. The molecule has 3 aromatic rings. The Morgan fingerprint density at radius 2 is 2.07 bits per heavy atom. The van der Waals surface area contributed by atoms with Gasteiger partial charge in [0.05, 0.1) is 24.0 Å². The molecule has 8 heteroatoms. The second-order valence-corrected chi connectivity index (χ2v) is 7.97. The Morgan fingerprint density at radius 3 is 2.76 bits per heavy atom. The second-order valence-electron chi connectivity index (χ2n) is 7.11. The zero-order chi connectivity index (χ0) is 20.4. The molecule has 4 rings (SSSR count). The minimum atomic E-state index is 0.0442. The first-order valence-electron chi connectivity index (χ1n) is 9.53. The Balaban J connectivity index is 1.64. The number of benzene rings is 1. The Bertz CT molecular complexity index is 1020. The van der Waals surface area contributed by atoms with Gasteiger partial charge in [-0.25, -0.2) is 15.0 Å². The maximum atomic E-state index is 13.0. The van der Waals surface area contributed by atoms with Crippen molar-refractivity contribution in [3.05, 3.63) is 52.2 Å². The number of aryl methyl sites for hydroxylation is 1. The van der Waals surface area contributed by atoms with Gasteiger partial charge >= 0.3 is 0 Å². The average Bonchev–Trinajstić information content (AvgIpc) is 3.19. The van der Waals surface area contributed by atoms with Crippen LogP contribution in [-0.4, -0.2) is 46.0 Å². The molecule has 0 spiro atoms. The zero-order valence-electron chi connectivity index (χ0n) is 16.5. The lowest BCUT2D eigenvalue weighted by atomic mass is 9.90. The summed E-state index contributed by atoms with van der Waals surface area (Å²) < 4.78 is 5.26. The lowest BCUT2D eigenvalue weighted by Crippen LogP contribution is -2.39. The van der Waals surface area contributed by atoms with Crippen LogP contribution >= 0.6 is 11.3 Å². The minimum Gasteiger partial charge on any atom is -0.497 e. The van der Waals surface area contributed by atoms with Crippen LogP contribution in [0.15, 0.2) is 36.0 Å². The van der Waals surface area contributed by atoms with Crippen LogP contribution in [0.4, 0.5) is 5.95 Å². The summed E-state index contributed by atoms with van der Waals surface area (Å²) in [6.45, 7) is 3.22. The van der Waals surface area contributed by atoms with E-state index in [1.54, 1.807) is 18.8 Å². The number of carbonyl (C=O) groups is 1. The van der Waals surface area contributed by atoms with Crippen LogP contribution in [0.25, 0.3) is 11.1 Å². The molecule has 0 radical (unpaired) electrons. The number of hydrogen-bond acceptors (Lipinski definition) is 7. The van der Waals surface area contributed by atoms with E-state index >= 15 is 0 Å². The number of nitrogens with two attached hydrogens (primary N) is 1. The van der Waals surface area contributed by atoms with Crippen LogP contribution in [0.3, 0.4) is 0 Å². The molecule has 1 aromatic carbocycles.